The second-order valence-corrected chi connectivity index (χ2v) is 7.16. The Bertz CT molecular complexity index is 428. The average molecular weight is 315 g/mol. The second-order valence-electron chi connectivity index (χ2n) is 6.35. The highest BCUT2D eigenvalue weighted by molar-refractivity contribution is 6.36. The van der Waals surface area contributed by atoms with Crippen LogP contribution in [0.25, 0.3) is 0 Å². The molecule has 0 amide bonds. The molecule has 1 aliphatic rings. The fourth-order valence-electron chi connectivity index (χ4n) is 3.31. The lowest BCUT2D eigenvalue weighted by molar-refractivity contribution is -0.0525. The van der Waals surface area contributed by atoms with Crippen LogP contribution in [0.15, 0.2) is 18.2 Å². The molecule has 2 rings (SSSR count). The third kappa shape index (κ3) is 3.50. The summed E-state index contributed by atoms with van der Waals surface area (Å²) in [5, 5.41) is 1.50. The van der Waals surface area contributed by atoms with Gasteiger partial charge in [0.25, 0.3) is 0 Å². The van der Waals surface area contributed by atoms with Gasteiger partial charge in [0, 0.05) is 23.6 Å². The molecule has 1 nitrogen and oxygen atoms in total. The summed E-state index contributed by atoms with van der Waals surface area (Å²) in [5.74, 6) is 1.58. The standard InChI is InChI=1S/C17H24Cl2O/c1-12(2)13-7-9-17(20-3,10-8-13)11-14-15(18)5-4-6-16(14)19/h4-6,12-13H,7-11H2,1-3H3. The van der Waals surface area contributed by atoms with E-state index >= 15 is 0 Å². The first-order chi connectivity index (χ1) is 9.47. The molecule has 0 N–H and O–H groups in total. The Balaban J connectivity index is 2.14. The van der Waals surface area contributed by atoms with Gasteiger partial charge in [-0.1, -0.05) is 43.1 Å². The molecule has 1 fully saturated rings. The van der Waals surface area contributed by atoms with Crippen molar-refractivity contribution in [1.29, 1.82) is 0 Å². The Labute approximate surface area is 132 Å². The molecule has 0 aromatic heterocycles. The maximum atomic E-state index is 6.31. The van der Waals surface area contributed by atoms with Crippen molar-refractivity contribution in [3.8, 4) is 0 Å². The summed E-state index contributed by atoms with van der Waals surface area (Å²) in [7, 11) is 1.82. The van der Waals surface area contributed by atoms with E-state index in [1.807, 2.05) is 25.3 Å². The SMILES string of the molecule is COC1(Cc2c(Cl)cccc2Cl)CCC(C(C)C)CC1. The molecule has 1 aromatic rings. The van der Waals surface area contributed by atoms with Gasteiger partial charge in [-0.25, -0.2) is 0 Å². The molecule has 112 valence electrons. The largest absolute Gasteiger partial charge is 0.378 e. The molecule has 20 heavy (non-hydrogen) atoms. The van der Waals surface area contributed by atoms with Crippen LogP contribution in [0.4, 0.5) is 0 Å². The molecule has 0 heterocycles. The Kier molecular flexibility index (Phi) is 5.39. The summed E-state index contributed by atoms with van der Waals surface area (Å²) in [6.45, 7) is 4.63. The predicted octanol–water partition coefficient (Wildman–Crippen LogP) is 5.77. The zero-order valence-electron chi connectivity index (χ0n) is 12.6. The molecular weight excluding hydrogens is 291 g/mol. The van der Waals surface area contributed by atoms with Gasteiger partial charge in [-0.05, 0) is 55.2 Å². The van der Waals surface area contributed by atoms with Crippen molar-refractivity contribution in [3.05, 3.63) is 33.8 Å². The molecule has 3 heteroatoms. The zero-order valence-corrected chi connectivity index (χ0v) is 14.1. The van der Waals surface area contributed by atoms with Gasteiger partial charge < -0.3 is 4.74 Å². The van der Waals surface area contributed by atoms with E-state index in [1.165, 1.54) is 12.8 Å². The summed E-state index contributed by atoms with van der Waals surface area (Å²) in [6.07, 6.45) is 5.45. The number of halogens is 2. The predicted molar refractivity (Wildman–Crippen MR) is 86.7 cm³/mol. The van der Waals surface area contributed by atoms with E-state index in [9.17, 15) is 0 Å². The number of ether oxygens (including phenoxy) is 1. The summed E-state index contributed by atoms with van der Waals surface area (Å²) in [4.78, 5) is 0. The summed E-state index contributed by atoms with van der Waals surface area (Å²) < 4.78 is 5.90. The van der Waals surface area contributed by atoms with Crippen LogP contribution in [0.3, 0.4) is 0 Å². The van der Waals surface area contributed by atoms with Crippen LogP contribution in [0.1, 0.15) is 45.1 Å². The minimum atomic E-state index is -0.0972. The monoisotopic (exact) mass is 314 g/mol. The molecule has 0 bridgehead atoms. The van der Waals surface area contributed by atoms with Gasteiger partial charge in [0.15, 0.2) is 0 Å². The van der Waals surface area contributed by atoms with E-state index < -0.39 is 0 Å². The molecule has 1 aliphatic carbocycles. The Morgan fingerprint density at radius 3 is 2.20 bits per heavy atom. The third-order valence-electron chi connectivity index (χ3n) is 4.88. The minimum absolute atomic E-state index is 0.0972. The van der Waals surface area contributed by atoms with Crippen molar-refractivity contribution in [1.82, 2.24) is 0 Å². The van der Waals surface area contributed by atoms with Crippen LogP contribution < -0.4 is 0 Å². The first-order valence-corrected chi connectivity index (χ1v) is 8.21. The van der Waals surface area contributed by atoms with Crippen molar-refractivity contribution < 1.29 is 4.74 Å². The molecule has 0 unspecified atom stereocenters. The zero-order chi connectivity index (χ0) is 14.8. The number of benzene rings is 1. The Morgan fingerprint density at radius 1 is 1.20 bits per heavy atom. The first-order valence-electron chi connectivity index (χ1n) is 7.45. The smallest absolute Gasteiger partial charge is 0.0720 e. The molecule has 0 saturated heterocycles. The van der Waals surface area contributed by atoms with Gasteiger partial charge in [-0.2, -0.15) is 0 Å². The van der Waals surface area contributed by atoms with Gasteiger partial charge in [0.2, 0.25) is 0 Å². The van der Waals surface area contributed by atoms with E-state index in [-0.39, 0.29) is 5.60 Å². The topological polar surface area (TPSA) is 9.23 Å². The van der Waals surface area contributed by atoms with Crippen LogP contribution in [0, 0.1) is 11.8 Å². The number of rotatable bonds is 4. The molecule has 0 spiro atoms. The maximum absolute atomic E-state index is 6.31. The van der Waals surface area contributed by atoms with Crippen molar-refractivity contribution in [2.45, 2.75) is 51.6 Å². The van der Waals surface area contributed by atoms with Crippen LogP contribution in [-0.4, -0.2) is 12.7 Å². The van der Waals surface area contributed by atoms with Crippen molar-refractivity contribution in [2.24, 2.45) is 11.8 Å². The fraction of sp³-hybridized carbons (Fsp3) is 0.647. The van der Waals surface area contributed by atoms with Gasteiger partial charge in [-0.3, -0.25) is 0 Å². The minimum Gasteiger partial charge on any atom is -0.378 e. The van der Waals surface area contributed by atoms with Crippen LogP contribution in [0.2, 0.25) is 10.0 Å². The van der Waals surface area contributed by atoms with E-state index in [2.05, 4.69) is 13.8 Å². The molecule has 0 aliphatic heterocycles. The highest BCUT2D eigenvalue weighted by Gasteiger charge is 2.37. The highest BCUT2D eigenvalue weighted by Crippen LogP contribution is 2.41. The van der Waals surface area contributed by atoms with Crippen LogP contribution in [-0.2, 0) is 11.2 Å². The quantitative estimate of drug-likeness (QED) is 0.685. The molecule has 1 aromatic carbocycles. The molecule has 0 atom stereocenters. The van der Waals surface area contributed by atoms with Crippen LogP contribution in [0.5, 0.6) is 0 Å². The molecule has 0 radical (unpaired) electrons. The van der Waals surface area contributed by atoms with E-state index in [0.717, 1.165) is 46.7 Å². The van der Waals surface area contributed by atoms with E-state index in [1.54, 1.807) is 0 Å². The number of hydrogen-bond acceptors (Lipinski definition) is 1. The van der Waals surface area contributed by atoms with E-state index in [4.69, 9.17) is 27.9 Å². The van der Waals surface area contributed by atoms with Crippen LogP contribution >= 0.6 is 23.2 Å². The summed E-state index contributed by atoms with van der Waals surface area (Å²) in [5.41, 5.74) is 0.931. The number of hydrogen-bond donors (Lipinski definition) is 0. The summed E-state index contributed by atoms with van der Waals surface area (Å²) in [6, 6.07) is 5.71. The lowest BCUT2D eigenvalue weighted by atomic mass is 9.72. The maximum Gasteiger partial charge on any atom is 0.0720 e. The van der Waals surface area contributed by atoms with Gasteiger partial charge in [-0.15, -0.1) is 0 Å². The third-order valence-corrected chi connectivity index (χ3v) is 5.59. The second kappa shape index (κ2) is 6.68. The van der Waals surface area contributed by atoms with Gasteiger partial charge in [0.1, 0.15) is 0 Å². The number of methoxy groups -OCH3 is 1. The normalized spacial score (nSPS) is 27.0. The van der Waals surface area contributed by atoms with Gasteiger partial charge >= 0.3 is 0 Å². The highest BCUT2D eigenvalue weighted by atomic mass is 35.5. The lowest BCUT2D eigenvalue weighted by Gasteiger charge is -2.40. The van der Waals surface area contributed by atoms with Crippen molar-refractivity contribution in [3.63, 3.8) is 0 Å². The van der Waals surface area contributed by atoms with Crippen molar-refractivity contribution in [2.75, 3.05) is 7.11 Å². The summed E-state index contributed by atoms with van der Waals surface area (Å²) >= 11 is 12.6. The Hall–Kier alpha value is -0.240. The average Bonchev–Trinajstić information content (AvgIpc) is 2.43. The fourth-order valence-corrected chi connectivity index (χ4v) is 3.84. The first kappa shape index (κ1) is 16.1. The lowest BCUT2D eigenvalue weighted by Crippen LogP contribution is -2.39. The van der Waals surface area contributed by atoms with E-state index in [0.29, 0.717) is 0 Å². The van der Waals surface area contributed by atoms with Crippen molar-refractivity contribution >= 4 is 23.2 Å². The Morgan fingerprint density at radius 2 is 1.75 bits per heavy atom. The molecule has 1 saturated carbocycles. The molecular formula is C17H24Cl2O. The van der Waals surface area contributed by atoms with Gasteiger partial charge in [0.05, 0.1) is 5.60 Å².